The number of aromatic amines is 1. The van der Waals surface area contributed by atoms with Crippen molar-refractivity contribution < 1.29 is 4.79 Å². The number of benzene rings is 1. The van der Waals surface area contributed by atoms with E-state index in [1.807, 2.05) is 41.3 Å². The van der Waals surface area contributed by atoms with Crippen LogP contribution in [0.1, 0.15) is 47.6 Å². The van der Waals surface area contributed by atoms with Crippen LogP contribution in [0.4, 0.5) is 0 Å². The number of aromatic nitrogens is 2. The lowest BCUT2D eigenvalue weighted by atomic mass is 10.0. The van der Waals surface area contributed by atoms with Crippen molar-refractivity contribution in [3.8, 4) is 0 Å². The maximum Gasteiger partial charge on any atom is 0.255 e. The standard InChI is InChI=1S/C21H21N3O2/c25-20-14-17(16-6-3-4-7-18(16)23-20)21(26)24-13-5-1-2-8-19(24)15-9-11-22-12-10-15/h3-4,6-7,9-12,14,19H,1-2,5,8,13H2,(H,23,25). The lowest BCUT2D eigenvalue weighted by Crippen LogP contribution is -2.35. The molecule has 1 atom stereocenters. The zero-order valence-electron chi connectivity index (χ0n) is 14.5. The molecule has 1 fully saturated rings. The molecule has 1 N–H and O–H groups in total. The molecule has 0 spiro atoms. The molecule has 1 aliphatic heterocycles. The molecule has 0 bridgehead atoms. The van der Waals surface area contributed by atoms with E-state index >= 15 is 0 Å². The van der Waals surface area contributed by atoms with E-state index in [0.29, 0.717) is 17.6 Å². The lowest BCUT2D eigenvalue weighted by molar-refractivity contribution is 0.0682. The lowest BCUT2D eigenvalue weighted by Gasteiger charge is -2.30. The highest BCUT2D eigenvalue weighted by Gasteiger charge is 2.28. The fourth-order valence-electron chi connectivity index (χ4n) is 3.82. The van der Waals surface area contributed by atoms with Crippen LogP contribution in [0.5, 0.6) is 0 Å². The summed E-state index contributed by atoms with van der Waals surface area (Å²) in [5.41, 5.74) is 2.02. The Labute approximate surface area is 151 Å². The molecular weight excluding hydrogens is 326 g/mol. The minimum atomic E-state index is -0.248. The van der Waals surface area contributed by atoms with Crippen LogP contribution in [0.3, 0.4) is 0 Å². The monoisotopic (exact) mass is 347 g/mol. The maximum absolute atomic E-state index is 13.5. The second-order valence-electron chi connectivity index (χ2n) is 6.74. The molecule has 1 amide bonds. The van der Waals surface area contributed by atoms with Crippen LogP contribution < -0.4 is 5.56 Å². The molecule has 1 unspecified atom stereocenters. The van der Waals surface area contributed by atoms with E-state index in [4.69, 9.17) is 0 Å². The van der Waals surface area contributed by atoms with Crippen molar-refractivity contribution in [2.45, 2.75) is 31.7 Å². The third-order valence-electron chi connectivity index (χ3n) is 5.09. The Kier molecular flexibility index (Phi) is 4.52. The van der Waals surface area contributed by atoms with E-state index in [-0.39, 0.29) is 17.5 Å². The molecule has 5 nitrogen and oxygen atoms in total. The van der Waals surface area contributed by atoms with Gasteiger partial charge in [-0.25, -0.2) is 0 Å². The van der Waals surface area contributed by atoms with Crippen LogP contribution >= 0.6 is 0 Å². The molecular formula is C21H21N3O2. The van der Waals surface area contributed by atoms with Crippen LogP contribution in [0.15, 0.2) is 59.7 Å². The smallest absolute Gasteiger partial charge is 0.255 e. The van der Waals surface area contributed by atoms with Crippen LogP contribution in [0.25, 0.3) is 10.9 Å². The number of amides is 1. The van der Waals surface area contributed by atoms with Crippen molar-refractivity contribution in [3.05, 3.63) is 76.3 Å². The summed E-state index contributed by atoms with van der Waals surface area (Å²) in [6, 6.07) is 12.9. The highest BCUT2D eigenvalue weighted by molar-refractivity contribution is 6.06. The summed E-state index contributed by atoms with van der Waals surface area (Å²) in [6.07, 6.45) is 7.65. The van der Waals surface area contributed by atoms with Gasteiger partial charge >= 0.3 is 0 Å². The van der Waals surface area contributed by atoms with Crippen LogP contribution in [0, 0.1) is 0 Å². The van der Waals surface area contributed by atoms with Gasteiger partial charge in [0.05, 0.1) is 11.6 Å². The van der Waals surface area contributed by atoms with E-state index in [0.717, 1.165) is 36.6 Å². The maximum atomic E-state index is 13.5. The fourth-order valence-corrected chi connectivity index (χ4v) is 3.82. The Morgan fingerprint density at radius 2 is 1.88 bits per heavy atom. The number of likely N-dealkylation sites (tertiary alicyclic amines) is 1. The van der Waals surface area contributed by atoms with Crippen LogP contribution in [-0.2, 0) is 0 Å². The molecule has 0 aliphatic carbocycles. The predicted molar refractivity (Wildman–Crippen MR) is 101 cm³/mol. The minimum Gasteiger partial charge on any atom is -0.332 e. The van der Waals surface area contributed by atoms with Gasteiger partial charge in [0, 0.05) is 35.9 Å². The van der Waals surface area contributed by atoms with Crippen LogP contribution in [0.2, 0.25) is 0 Å². The molecule has 2 aromatic heterocycles. The number of nitrogens with zero attached hydrogens (tertiary/aromatic N) is 2. The fraction of sp³-hybridized carbons (Fsp3) is 0.286. The summed E-state index contributed by atoms with van der Waals surface area (Å²) in [5.74, 6) is -0.0731. The van der Waals surface area contributed by atoms with Crippen molar-refractivity contribution >= 4 is 16.8 Å². The number of pyridine rings is 2. The summed E-state index contributed by atoms with van der Waals surface area (Å²) in [6.45, 7) is 0.701. The highest BCUT2D eigenvalue weighted by atomic mass is 16.2. The number of fused-ring (bicyclic) bond motifs is 1. The summed E-state index contributed by atoms with van der Waals surface area (Å²) in [4.78, 5) is 34.4. The second kappa shape index (κ2) is 7.12. The van der Waals surface area contributed by atoms with Gasteiger partial charge in [-0.15, -0.1) is 0 Å². The number of carbonyl (C=O) groups is 1. The van der Waals surface area contributed by atoms with E-state index in [9.17, 15) is 9.59 Å². The molecule has 4 rings (SSSR count). The van der Waals surface area contributed by atoms with Gasteiger partial charge in [0.2, 0.25) is 5.56 Å². The summed E-state index contributed by atoms with van der Waals surface area (Å²) >= 11 is 0. The topological polar surface area (TPSA) is 66.1 Å². The molecule has 132 valence electrons. The van der Waals surface area contributed by atoms with Crippen molar-refractivity contribution in [2.75, 3.05) is 6.54 Å². The summed E-state index contributed by atoms with van der Waals surface area (Å²) in [7, 11) is 0. The first-order chi connectivity index (χ1) is 12.7. The van der Waals surface area contributed by atoms with Crippen molar-refractivity contribution in [1.29, 1.82) is 0 Å². The minimum absolute atomic E-state index is 0.0195. The summed E-state index contributed by atoms with van der Waals surface area (Å²) in [5, 5.41) is 0.787. The number of carbonyl (C=O) groups excluding carboxylic acids is 1. The Bertz CT molecular complexity index is 981. The first-order valence-electron chi connectivity index (χ1n) is 9.07. The number of para-hydroxylation sites is 1. The van der Waals surface area contributed by atoms with Crippen molar-refractivity contribution in [2.24, 2.45) is 0 Å². The second-order valence-corrected chi connectivity index (χ2v) is 6.74. The molecule has 3 heterocycles. The molecule has 1 aliphatic rings. The Balaban J connectivity index is 1.79. The third kappa shape index (κ3) is 3.12. The van der Waals surface area contributed by atoms with Gasteiger partial charge in [-0.05, 0) is 36.6 Å². The SMILES string of the molecule is O=C(c1cc(=O)[nH]c2ccccc12)N1CCCCCC1c1ccncc1. The molecule has 0 saturated carbocycles. The zero-order valence-corrected chi connectivity index (χ0v) is 14.5. The van der Waals surface area contributed by atoms with Gasteiger partial charge < -0.3 is 9.88 Å². The Hall–Kier alpha value is -2.95. The molecule has 1 saturated heterocycles. The normalized spacial score (nSPS) is 17.8. The van der Waals surface area contributed by atoms with Gasteiger partial charge in [-0.3, -0.25) is 14.6 Å². The number of hydrogen-bond donors (Lipinski definition) is 1. The number of nitrogens with one attached hydrogen (secondary N) is 1. The number of rotatable bonds is 2. The number of hydrogen-bond acceptors (Lipinski definition) is 3. The van der Waals surface area contributed by atoms with Crippen molar-refractivity contribution in [1.82, 2.24) is 14.9 Å². The van der Waals surface area contributed by atoms with E-state index in [1.165, 1.54) is 6.07 Å². The average molecular weight is 347 g/mol. The van der Waals surface area contributed by atoms with Gasteiger partial charge in [0.1, 0.15) is 0 Å². The average Bonchev–Trinajstić information content (AvgIpc) is 2.93. The largest absolute Gasteiger partial charge is 0.332 e. The quantitative estimate of drug-likeness (QED) is 0.769. The Morgan fingerprint density at radius 1 is 1.08 bits per heavy atom. The zero-order chi connectivity index (χ0) is 17.9. The molecule has 0 radical (unpaired) electrons. The molecule has 3 aromatic rings. The molecule has 5 heteroatoms. The number of H-pyrrole nitrogens is 1. The first kappa shape index (κ1) is 16.5. The summed E-state index contributed by atoms with van der Waals surface area (Å²) < 4.78 is 0. The van der Waals surface area contributed by atoms with Gasteiger partial charge in [-0.2, -0.15) is 0 Å². The van der Waals surface area contributed by atoms with Crippen molar-refractivity contribution in [3.63, 3.8) is 0 Å². The predicted octanol–water partition coefficient (Wildman–Crippen LogP) is 3.68. The van der Waals surface area contributed by atoms with Gasteiger partial charge in [0.25, 0.3) is 5.91 Å². The molecule has 1 aromatic carbocycles. The van der Waals surface area contributed by atoms with E-state index in [1.54, 1.807) is 12.4 Å². The van der Waals surface area contributed by atoms with E-state index < -0.39 is 0 Å². The first-order valence-corrected chi connectivity index (χ1v) is 9.07. The third-order valence-corrected chi connectivity index (χ3v) is 5.09. The Morgan fingerprint density at radius 3 is 2.73 bits per heavy atom. The van der Waals surface area contributed by atoms with Gasteiger partial charge in [0.15, 0.2) is 0 Å². The molecule has 26 heavy (non-hydrogen) atoms. The van der Waals surface area contributed by atoms with Gasteiger partial charge in [-0.1, -0.05) is 31.0 Å². The van der Waals surface area contributed by atoms with E-state index in [2.05, 4.69) is 9.97 Å². The van der Waals surface area contributed by atoms with Crippen LogP contribution in [-0.4, -0.2) is 27.3 Å². The highest BCUT2D eigenvalue weighted by Crippen LogP contribution is 2.31.